The lowest BCUT2D eigenvalue weighted by molar-refractivity contribution is 0.871. The maximum atomic E-state index is 6.00. The van der Waals surface area contributed by atoms with Crippen LogP contribution < -0.4 is 5.32 Å². The Morgan fingerprint density at radius 1 is 0.960 bits per heavy atom. The number of aryl methyl sites for hydroxylation is 1. The van der Waals surface area contributed by atoms with Crippen molar-refractivity contribution in [3.63, 3.8) is 0 Å². The molecule has 6 heteroatoms. The second-order valence-corrected chi connectivity index (χ2v) is 6.19. The minimum absolute atomic E-state index is 0.665. The Bertz CT molecular complexity index is 1020. The number of rotatable bonds is 4. The van der Waals surface area contributed by atoms with Gasteiger partial charge in [-0.05, 0) is 47.9 Å². The van der Waals surface area contributed by atoms with Gasteiger partial charge in [-0.15, -0.1) is 15.3 Å². The van der Waals surface area contributed by atoms with Crippen LogP contribution in [0.15, 0.2) is 60.7 Å². The van der Waals surface area contributed by atoms with Crippen molar-refractivity contribution in [2.24, 2.45) is 0 Å². The summed E-state index contributed by atoms with van der Waals surface area (Å²) in [4.78, 5) is 0. The maximum absolute atomic E-state index is 6.00. The van der Waals surface area contributed by atoms with Crippen molar-refractivity contribution in [1.29, 1.82) is 0 Å². The minimum Gasteiger partial charge on any atom is -0.365 e. The van der Waals surface area contributed by atoms with Crippen molar-refractivity contribution in [2.45, 2.75) is 13.5 Å². The van der Waals surface area contributed by atoms with Gasteiger partial charge in [-0.3, -0.25) is 0 Å². The zero-order chi connectivity index (χ0) is 17.2. The Morgan fingerprint density at radius 2 is 1.76 bits per heavy atom. The second kappa shape index (κ2) is 6.53. The minimum atomic E-state index is 0.665. The van der Waals surface area contributed by atoms with Gasteiger partial charge in [0, 0.05) is 11.6 Å². The van der Waals surface area contributed by atoms with Crippen molar-refractivity contribution in [3.8, 4) is 11.1 Å². The molecule has 0 atom stereocenters. The summed E-state index contributed by atoms with van der Waals surface area (Å²) in [7, 11) is 0. The van der Waals surface area contributed by atoms with Crippen LogP contribution in [0.2, 0.25) is 5.02 Å². The SMILES string of the molecule is Cc1nnc2ccc(NCc3ccccc3-c3ccc(Cl)cc3)nn12. The standard InChI is InChI=1S/C19H16ClN5/c1-13-22-23-19-11-10-18(24-25(13)19)21-12-15-4-2-3-5-17(15)14-6-8-16(20)9-7-14/h2-11H,12H2,1H3,(H,21,24). The zero-order valence-electron chi connectivity index (χ0n) is 13.6. The maximum Gasteiger partial charge on any atom is 0.178 e. The molecule has 4 aromatic rings. The summed E-state index contributed by atoms with van der Waals surface area (Å²) >= 11 is 6.00. The zero-order valence-corrected chi connectivity index (χ0v) is 14.4. The van der Waals surface area contributed by atoms with Crippen molar-refractivity contribution in [2.75, 3.05) is 5.32 Å². The number of benzene rings is 2. The summed E-state index contributed by atoms with van der Waals surface area (Å²) in [5.74, 6) is 1.54. The summed E-state index contributed by atoms with van der Waals surface area (Å²) < 4.78 is 1.73. The molecule has 0 aliphatic heterocycles. The average Bonchev–Trinajstić information content (AvgIpc) is 3.02. The van der Waals surface area contributed by atoms with Gasteiger partial charge in [0.25, 0.3) is 0 Å². The van der Waals surface area contributed by atoms with E-state index in [0.29, 0.717) is 6.54 Å². The highest BCUT2D eigenvalue weighted by molar-refractivity contribution is 6.30. The van der Waals surface area contributed by atoms with Gasteiger partial charge < -0.3 is 5.32 Å². The molecule has 2 aromatic carbocycles. The Balaban J connectivity index is 1.60. The summed E-state index contributed by atoms with van der Waals surface area (Å²) in [6.45, 7) is 2.55. The summed E-state index contributed by atoms with van der Waals surface area (Å²) in [6.07, 6.45) is 0. The number of halogens is 1. The van der Waals surface area contributed by atoms with Gasteiger partial charge in [0.2, 0.25) is 0 Å². The van der Waals surface area contributed by atoms with Crippen LogP contribution in [0.1, 0.15) is 11.4 Å². The number of nitrogens with one attached hydrogen (secondary N) is 1. The molecule has 5 nitrogen and oxygen atoms in total. The van der Waals surface area contributed by atoms with Gasteiger partial charge >= 0.3 is 0 Å². The number of nitrogens with zero attached hydrogens (tertiary/aromatic N) is 4. The third-order valence-electron chi connectivity index (χ3n) is 4.05. The van der Waals surface area contributed by atoms with Gasteiger partial charge in [0.15, 0.2) is 11.5 Å². The highest BCUT2D eigenvalue weighted by Gasteiger charge is 2.07. The van der Waals surface area contributed by atoms with Crippen LogP contribution in [0.4, 0.5) is 5.82 Å². The van der Waals surface area contributed by atoms with E-state index in [1.165, 1.54) is 11.1 Å². The highest BCUT2D eigenvalue weighted by atomic mass is 35.5. The Morgan fingerprint density at radius 3 is 2.60 bits per heavy atom. The van der Waals surface area contributed by atoms with Gasteiger partial charge in [-0.2, -0.15) is 4.52 Å². The van der Waals surface area contributed by atoms with E-state index in [2.05, 4.69) is 32.7 Å². The van der Waals surface area contributed by atoms with Crippen molar-refractivity contribution >= 4 is 23.1 Å². The fraction of sp³-hybridized carbons (Fsp3) is 0.105. The molecule has 0 unspecified atom stereocenters. The first-order chi connectivity index (χ1) is 12.2. The Kier molecular flexibility index (Phi) is 4.07. The highest BCUT2D eigenvalue weighted by Crippen LogP contribution is 2.25. The molecule has 0 saturated carbocycles. The molecule has 4 rings (SSSR count). The molecule has 0 amide bonds. The van der Waals surface area contributed by atoms with E-state index in [4.69, 9.17) is 11.6 Å². The summed E-state index contributed by atoms with van der Waals surface area (Å²) in [6, 6.07) is 20.0. The van der Waals surface area contributed by atoms with Crippen LogP contribution in [-0.4, -0.2) is 19.8 Å². The summed E-state index contributed by atoms with van der Waals surface area (Å²) in [5.41, 5.74) is 4.24. The molecule has 2 aromatic heterocycles. The van der Waals surface area contributed by atoms with Gasteiger partial charge in [0.1, 0.15) is 5.82 Å². The normalized spacial score (nSPS) is 11.0. The fourth-order valence-corrected chi connectivity index (χ4v) is 2.89. The molecule has 0 aliphatic rings. The number of aromatic nitrogens is 4. The summed E-state index contributed by atoms with van der Waals surface area (Å²) in [5, 5.41) is 16.7. The second-order valence-electron chi connectivity index (χ2n) is 5.75. The van der Waals surface area contributed by atoms with E-state index in [9.17, 15) is 0 Å². The monoisotopic (exact) mass is 349 g/mol. The Hall–Kier alpha value is -2.92. The third kappa shape index (κ3) is 3.19. The van der Waals surface area contributed by atoms with Crippen molar-refractivity contribution in [3.05, 3.63) is 77.1 Å². The molecule has 25 heavy (non-hydrogen) atoms. The lowest BCUT2D eigenvalue weighted by Gasteiger charge is -2.11. The van der Waals surface area contributed by atoms with E-state index in [1.807, 2.05) is 55.5 Å². The van der Waals surface area contributed by atoms with Crippen molar-refractivity contribution < 1.29 is 0 Å². The van der Waals surface area contributed by atoms with Gasteiger partial charge in [0.05, 0.1) is 0 Å². The van der Waals surface area contributed by atoms with E-state index in [-0.39, 0.29) is 0 Å². The molecular weight excluding hydrogens is 334 g/mol. The predicted molar refractivity (Wildman–Crippen MR) is 99.7 cm³/mol. The number of fused-ring (bicyclic) bond motifs is 1. The molecule has 0 fully saturated rings. The number of hydrogen-bond acceptors (Lipinski definition) is 4. The Labute approximate surface area is 150 Å². The third-order valence-corrected chi connectivity index (χ3v) is 4.30. The smallest absolute Gasteiger partial charge is 0.178 e. The molecular formula is C19H16ClN5. The van der Waals surface area contributed by atoms with Crippen LogP contribution in [0.25, 0.3) is 16.8 Å². The van der Waals surface area contributed by atoms with E-state index < -0.39 is 0 Å². The fourth-order valence-electron chi connectivity index (χ4n) is 2.76. The molecule has 2 heterocycles. The van der Waals surface area contributed by atoms with Gasteiger partial charge in [-0.1, -0.05) is 48.0 Å². The largest absolute Gasteiger partial charge is 0.365 e. The molecule has 0 bridgehead atoms. The number of anilines is 1. The van der Waals surface area contributed by atoms with E-state index in [1.54, 1.807) is 4.52 Å². The molecule has 0 aliphatic carbocycles. The molecule has 0 spiro atoms. The first-order valence-electron chi connectivity index (χ1n) is 7.97. The molecule has 124 valence electrons. The van der Waals surface area contributed by atoms with Gasteiger partial charge in [-0.25, -0.2) is 0 Å². The van der Waals surface area contributed by atoms with Crippen LogP contribution in [0, 0.1) is 6.92 Å². The first kappa shape index (κ1) is 15.6. The van der Waals surface area contributed by atoms with Crippen LogP contribution in [-0.2, 0) is 6.54 Å². The van der Waals surface area contributed by atoms with Crippen LogP contribution in [0.3, 0.4) is 0 Å². The molecule has 1 N–H and O–H groups in total. The van der Waals surface area contributed by atoms with Crippen molar-refractivity contribution in [1.82, 2.24) is 19.8 Å². The average molecular weight is 350 g/mol. The molecule has 0 saturated heterocycles. The van der Waals surface area contributed by atoms with Crippen LogP contribution in [0.5, 0.6) is 0 Å². The predicted octanol–water partition coefficient (Wildman–Crippen LogP) is 4.37. The quantitative estimate of drug-likeness (QED) is 0.594. The lowest BCUT2D eigenvalue weighted by Crippen LogP contribution is -2.05. The lowest BCUT2D eigenvalue weighted by atomic mass is 10.00. The van der Waals surface area contributed by atoms with Crippen LogP contribution >= 0.6 is 11.6 Å². The topological polar surface area (TPSA) is 55.1 Å². The van der Waals surface area contributed by atoms with E-state index >= 15 is 0 Å². The molecule has 0 radical (unpaired) electrons. The number of hydrogen-bond donors (Lipinski definition) is 1. The first-order valence-corrected chi connectivity index (χ1v) is 8.35. The van der Waals surface area contributed by atoms with E-state index in [0.717, 1.165) is 27.9 Å².